The highest BCUT2D eigenvalue weighted by molar-refractivity contribution is 5.95. The average Bonchev–Trinajstić information content (AvgIpc) is 2.88. The molecule has 0 spiro atoms. The quantitative estimate of drug-likeness (QED) is 0.460. The van der Waals surface area contributed by atoms with Crippen LogP contribution in [0.1, 0.15) is 41.4 Å². The predicted octanol–water partition coefficient (Wildman–Crippen LogP) is 6.08. The lowest BCUT2D eigenvalue weighted by Gasteiger charge is -2.42. The Bertz CT molecular complexity index is 1240. The van der Waals surface area contributed by atoms with E-state index in [1.165, 1.54) is 23.8 Å². The van der Waals surface area contributed by atoms with E-state index in [1.807, 2.05) is 60.0 Å². The fourth-order valence-electron chi connectivity index (χ4n) is 5.17. The number of carbonyl (C=O) groups excluding carboxylic acids is 1. The van der Waals surface area contributed by atoms with E-state index < -0.39 is 17.7 Å². The molecule has 0 aromatic heterocycles. The van der Waals surface area contributed by atoms with Gasteiger partial charge in [-0.2, -0.15) is 0 Å². The van der Waals surface area contributed by atoms with Gasteiger partial charge in [0.1, 0.15) is 11.6 Å². The van der Waals surface area contributed by atoms with Crippen molar-refractivity contribution in [3.8, 4) is 0 Å². The lowest BCUT2D eigenvalue weighted by molar-refractivity contribution is 0.0397. The number of hydrogen-bond acceptors (Lipinski definition) is 3. The number of amides is 1. The first kappa shape index (κ1) is 23.2. The minimum absolute atomic E-state index is 0.0250. The lowest BCUT2D eigenvalue weighted by Crippen LogP contribution is -2.54. The van der Waals surface area contributed by atoms with E-state index in [4.69, 9.17) is 0 Å². The summed E-state index contributed by atoms with van der Waals surface area (Å²) in [4.78, 5) is 19.3. The molecule has 0 N–H and O–H groups in total. The number of halogens is 2. The van der Waals surface area contributed by atoms with Crippen LogP contribution < -0.4 is 4.90 Å². The average molecular weight is 474 g/mol. The third-order valence-electron chi connectivity index (χ3n) is 7.12. The molecule has 0 radical (unpaired) electrons. The molecule has 2 atom stereocenters. The van der Waals surface area contributed by atoms with Gasteiger partial charge in [0.15, 0.2) is 0 Å². The molecular formula is C29H29F2N3O. The molecule has 180 valence electrons. The van der Waals surface area contributed by atoms with Gasteiger partial charge in [-0.15, -0.1) is 0 Å². The summed E-state index contributed by atoms with van der Waals surface area (Å²) in [5.41, 5.74) is 4.15. The first-order chi connectivity index (χ1) is 16.9. The molecule has 0 aliphatic carbocycles. The monoisotopic (exact) mass is 473 g/mol. The fraction of sp³-hybridized carbons (Fsp3) is 0.276. The zero-order chi connectivity index (χ0) is 24.5. The van der Waals surface area contributed by atoms with E-state index in [0.29, 0.717) is 25.2 Å². The van der Waals surface area contributed by atoms with Gasteiger partial charge in [-0.1, -0.05) is 30.3 Å². The topological polar surface area (TPSA) is 26.8 Å². The summed E-state index contributed by atoms with van der Waals surface area (Å²) in [5.74, 6) is -1.09. The van der Waals surface area contributed by atoms with Crippen molar-refractivity contribution in [2.75, 3.05) is 24.5 Å². The first-order valence-corrected chi connectivity index (χ1v) is 12.1. The molecule has 4 nitrogen and oxygen atoms in total. The van der Waals surface area contributed by atoms with E-state index in [2.05, 4.69) is 29.3 Å². The maximum atomic E-state index is 14.3. The number of fused-ring (bicyclic) bond motifs is 1. The van der Waals surface area contributed by atoms with Crippen LogP contribution in [0.5, 0.6) is 0 Å². The second-order valence-corrected chi connectivity index (χ2v) is 9.29. The van der Waals surface area contributed by atoms with Crippen molar-refractivity contribution < 1.29 is 13.6 Å². The Kier molecular flexibility index (Phi) is 6.39. The van der Waals surface area contributed by atoms with Gasteiger partial charge in [-0.3, -0.25) is 9.69 Å². The van der Waals surface area contributed by atoms with E-state index in [1.54, 1.807) is 0 Å². The summed E-state index contributed by atoms with van der Waals surface area (Å²) in [6.45, 7) is 5.41. The summed E-state index contributed by atoms with van der Waals surface area (Å²) < 4.78 is 28.6. The number of hydrogen-bond donors (Lipinski definition) is 0. The van der Waals surface area contributed by atoms with Crippen LogP contribution in [0.15, 0.2) is 79.0 Å². The minimum atomic E-state index is -0.532. The zero-order valence-electron chi connectivity index (χ0n) is 20.0. The van der Waals surface area contributed by atoms with Crippen molar-refractivity contribution in [2.24, 2.45) is 0 Å². The number of nitrogens with zero attached hydrogens (tertiary/aromatic N) is 3. The Balaban J connectivity index is 1.28. The van der Waals surface area contributed by atoms with Crippen molar-refractivity contribution in [2.45, 2.75) is 32.4 Å². The van der Waals surface area contributed by atoms with Crippen molar-refractivity contribution in [1.82, 2.24) is 9.80 Å². The van der Waals surface area contributed by atoms with Gasteiger partial charge in [0.2, 0.25) is 0 Å². The molecule has 5 rings (SSSR count). The van der Waals surface area contributed by atoms with Gasteiger partial charge < -0.3 is 9.80 Å². The van der Waals surface area contributed by atoms with Crippen molar-refractivity contribution >= 4 is 17.3 Å². The van der Waals surface area contributed by atoms with Crippen molar-refractivity contribution in [3.05, 3.63) is 107 Å². The van der Waals surface area contributed by atoms with Crippen LogP contribution in [0.3, 0.4) is 0 Å². The second-order valence-electron chi connectivity index (χ2n) is 9.29. The van der Waals surface area contributed by atoms with Crippen LogP contribution in [0.2, 0.25) is 0 Å². The lowest BCUT2D eigenvalue weighted by atomic mass is 10.0. The van der Waals surface area contributed by atoms with Crippen LogP contribution in [-0.2, 0) is 6.42 Å². The highest BCUT2D eigenvalue weighted by Gasteiger charge is 2.32. The zero-order valence-corrected chi connectivity index (χ0v) is 20.0. The molecule has 1 amide bonds. The van der Waals surface area contributed by atoms with Gasteiger partial charge in [-0.25, -0.2) is 8.78 Å². The Morgan fingerprint density at radius 2 is 1.66 bits per heavy atom. The molecule has 2 aliphatic heterocycles. The SMILES string of the molecule is CC(c1c(F)cccc1F)N1CCN(C(=O)c2ccc(N3C=CCc4ccccc43)cc2)[C@H](C)C1. The summed E-state index contributed by atoms with van der Waals surface area (Å²) in [6.07, 6.45) is 5.12. The van der Waals surface area contributed by atoms with Crippen LogP contribution in [-0.4, -0.2) is 41.4 Å². The number of rotatable bonds is 4. The molecule has 1 unspecified atom stereocenters. The third-order valence-corrected chi connectivity index (χ3v) is 7.12. The molecule has 3 aromatic rings. The number of carbonyl (C=O) groups is 1. The smallest absolute Gasteiger partial charge is 0.254 e. The van der Waals surface area contributed by atoms with E-state index in [0.717, 1.165) is 17.8 Å². The maximum Gasteiger partial charge on any atom is 0.254 e. The number of allylic oxidation sites excluding steroid dienone is 1. The molecule has 35 heavy (non-hydrogen) atoms. The Morgan fingerprint density at radius 1 is 0.943 bits per heavy atom. The molecule has 2 aliphatic rings. The van der Waals surface area contributed by atoms with E-state index in [9.17, 15) is 13.6 Å². The molecule has 2 heterocycles. The molecule has 0 saturated carbocycles. The molecular weight excluding hydrogens is 444 g/mol. The minimum Gasteiger partial charge on any atom is -0.333 e. The fourth-order valence-corrected chi connectivity index (χ4v) is 5.17. The molecule has 0 bridgehead atoms. The van der Waals surface area contributed by atoms with Gasteiger partial charge in [-0.05, 0) is 68.3 Å². The van der Waals surface area contributed by atoms with Gasteiger partial charge >= 0.3 is 0 Å². The Morgan fingerprint density at radius 3 is 2.37 bits per heavy atom. The number of para-hydroxylation sites is 1. The highest BCUT2D eigenvalue weighted by Crippen LogP contribution is 2.33. The molecule has 3 aromatic carbocycles. The Hall–Kier alpha value is -3.51. The number of benzene rings is 3. The standard InChI is InChI=1S/C29H29F2N3O/c1-20-19-32(21(2)28-25(30)9-5-10-26(28)31)17-18-33(20)29(35)23-12-14-24(15-13-23)34-16-6-8-22-7-3-4-11-27(22)34/h3-7,9-16,20-21H,8,17-19H2,1-2H3/t20-,21?/m1/s1. The number of piperazine rings is 1. The summed E-state index contributed by atoms with van der Waals surface area (Å²) in [5, 5.41) is 0. The normalized spacial score (nSPS) is 18.9. The third kappa shape index (κ3) is 4.46. The summed E-state index contributed by atoms with van der Waals surface area (Å²) in [7, 11) is 0. The van der Waals surface area contributed by atoms with Crippen LogP contribution >= 0.6 is 0 Å². The second kappa shape index (κ2) is 9.62. The van der Waals surface area contributed by atoms with Crippen molar-refractivity contribution in [1.29, 1.82) is 0 Å². The first-order valence-electron chi connectivity index (χ1n) is 12.1. The van der Waals surface area contributed by atoms with E-state index in [-0.39, 0.29) is 17.5 Å². The highest BCUT2D eigenvalue weighted by atomic mass is 19.1. The van der Waals surface area contributed by atoms with E-state index >= 15 is 0 Å². The summed E-state index contributed by atoms with van der Waals surface area (Å²) in [6, 6.07) is 19.5. The van der Waals surface area contributed by atoms with Crippen molar-refractivity contribution in [3.63, 3.8) is 0 Å². The van der Waals surface area contributed by atoms with Gasteiger partial charge in [0.05, 0.1) is 0 Å². The predicted molar refractivity (Wildman–Crippen MR) is 135 cm³/mol. The molecule has 1 saturated heterocycles. The molecule has 1 fully saturated rings. The number of anilines is 2. The van der Waals surface area contributed by atoms with Crippen LogP contribution in [0.25, 0.3) is 0 Å². The summed E-state index contributed by atoms with van der Waals surface area (Å²) >= 11 is 0. The van der Waals surface area contributed by atoms with Gasteiger partial charge in [0.25, 0.3) is 5.91 Å². The largest absolute Gasteiger partial charge is 0.333 e. The maximum absolute atomic E-state index is 14.3. The van der Waals surface area contributed by atoms with Crippen LogP contribution in [0, 0.1) is 11.6 Å². The van der Waals surface area contributed by atoms with Gasteiger partial charge in [0, 0.05) is 60.4 Å². The Labute approximate surface area is 205 Å². The van der Waals surface area contributed by atoms with Crippen LogP contribution in [0.4, 0.5) is 20.2 Å². The molecule has 6 heteroatoms.